The van der Waals surface area contributed by atoms with Gasteiger partial charge in [0, 0.05) is 18.0 Å². The number of hydrogen-bond acceptors (Lipinski definition) is 2. The van der Waals surface area contributed by atoms with E-state index < -0.39 is 0 Å². The van der Waals surface area contributed by atoms with Crippen molar-refractivity contribution in [2.45, 2.75) is 37.6 Å². The van der Waals surface area contributed by atoms with E-state index in [9.17, 15) is 0 Å². The average Bonchev–Trinajstić information content (AvgIpc) is 2.66. The van der Waals surface area contributed by atoms with E-state index in [1.165, 1.54) is 30.2 Å². The summed E-state index contributed by atoms with van der Waals surface area (Å²) in [7, 11) is 1.97. The van der Waals surface area contributed by atoms with E-state index in [-0.39, 0.29) is 5.54 Å². The molecule has 3 rings (SSSR count). The summed E-state index contributed by atoms with van der Waals surface area (Å²) in [6, 6.07) is 6.36. The zero-order chi connectivity index (χ0) is 12.8. The quantitative estimate of drug-likeness (QED) is 0.877. The van der Waals surface area contributed by atoms with E-state index in [0.717, 1.165) is 23.0 Å². The molecule has 18 heavy (non-hydrogen) atoms. The molecule has 0 amide bonds. The lowest BCUT2D eigenvalue weighted by atomic mass is 9.76. The first kappa shape index (κ1) is 12.2. The molecule has 0 saturated heterocycles. The summed E-state index contributed by atoms with van der Waals surface area (Å²) in [5, 5.41) is 5.64. The summed E-state index contributed by atoms with van der Waals surface area (Å²) in [4.78, 5) is 0. The molecule has 0 aliphatic heterocycles. The van der Waals surface area contributed by atoms with E-state index in [1.54, 1.807) is 0 Å². The van der Waals surface area contributed by atoms with Gasteiger partial charge in [-0.05, 0) is 40.4 Å². The summed E-state index contributed by atoms with van der Waals surface area (Å²) in [6.45, 7) is 0. The van der Waals surface area contributed by atoms with Crippen molar-refractivity contribution in [2.75, 3.05) is 0 Å². The molecule has 0 unspecified atom stereocenters. The number of nitrogens with two attached hydrogens (primary N) is 1. The third-order valence-corrected chi connectivity index (χ3v) is 4.67. The topological polar surface area (TPSA) is 43.8 Å². The highest BCUT2D eigenvalue weighted by Crippen LogP contribution is 2.40. The van der Waals surface area contributed by atoms with Gasteiger partial charge in [-0.3, -0.25) is 4.68 Å². The number of rotatable bonds is 1. The van der Waals surface area contributed by atoms with Gasteiger partial charge in [0.1, 0.15) is 4.60 Å². The molecule has 2 N–H and O–H groups in total. The molecule has 96 valence electrons. The molecule has 2 aromatic rings. The van der Waals surface area contributed by atoms with Crippen LogP contribution in [0.3, 0.4) is 0 Å². The van der Waals surface area contributed by atoms with E-state index in [2.05, 4.69) is 39.2 Å². The molecule has 0 spiro atoms. The molecule has 1 saturated carbocycles. The third kappa shape index (κ3) is 1.79. The van der Waals surface area contributed by atoms with Gasteiger partial charge >= 0.3 is 0 Å². The van der Waals surface area contributed by atoms with E-state index in [4.69, 9.17) is 5.73 Å². The van der Waals surface area contributed by atoms with E-state index in [1.807, 2.05) is 11.7 Å². The normalized spacial score (nSPS) is 19.3. The number of benzene rings is 1. The third-order valence-electron chi connectivity index (χ3n) is 4.12. The lowest BCUT2D eigenvalue weighted by molar-refractivity contribution is 0.304. The van der Waals surface area contributed by atoms with Crippen molar-refractivity contribution in [3.05, 3.63) is 28.4 Å². The Bertz CT molecular complexity index is 582. The summed E-state index contributed by atoms with van der Waals surface area (Å²) in [6.07, 6.45) is 5.92. The lowest BCUT2D eigenvalue weighted by Gasteiger charge is -2.34. The van der Waals surface area contributed by atoms with Crippen molar-refractivity contribution < 1.29 is 0 Å². The highest BCUT2D eigenvalue weighted by Gasteiger charge is 2.32. The molecule has 0 bridgehead atoms. The maximum absolute atomic E-state index is 6.67. The van der Waals surface area contributed by atoms with Gasteiger partial charge in [-0.25, -0.2) is 0 Å². The van der Waals surface area contributed by atoms with E-state index >= 15 is 0 Å². The van der Waals surface area contributed by atoms with Crippen LogP contribution in [0.2, 0.25) is 0 Å². The maximum Gasteiger partial charge on any atom is 0.136 e. The van der Waals surface area contributed by atoms with Crippen LogP contribution in [0.25, 0.3) is 10.9 Å². The van der Waals surface area contributed by atoms with Crippen molar-refractivity contribution >= 4 is 26.8 Å². The van der Waals surface area contributed by atoms with Gasteiger partial charge in [-0.1, -0.05) is 31.4 Å². The molecule has 1 heterocycles. The summed E-state index contributed by atoms with van der Waals surface area (Å²) >= 11 is 3.57. The Morgan fingerprint density at radius 3 is 2.72 bits per heavy atom. The monoisotopic (exact) mass is 307 g/mol. The summed E-state index contributed by atoms with van der Waals surface area (Å²) in [5.41, 5.74) is 8.89. The minimum Gasteiger partial charge on any atom is -0.321 e. The van der Waals surface area contributed by atoms with Crippen LogP contribution in [0.15, 0.2) is 22.8 Å². The second kappa shape index (κ2) is 4.35. The van der Waals surface area contributed by atoms with E-state index in [0.29, 0.717) is 0 Å². The smallest absolute Gasteiger partial charge is 0.136 e. The minimum absolute atomic E-state index is 0.177. The Labute approximate surface area is 115 Å². The number of hydrogen-bond donors (Lipinski definition) is 1. The van der Waals surface area contributed by atoms with Gasteiger partial charge in [-0.15, -0.1) is 0 Å². The molecule has 1 fully saturated rings. The molecule has 1 aliphatic carbocycles. The summed E-state index contributed by atoms with van der Waals surface area (Å²) in [5.74, 6) is 0. The molecule has 1 aromatic heterocycles. The highest BCUT2D eigenvalue weighted by molar-refractivity contribution is 9.10. The molecular weight excluding hydrogens is 290 g/mol. The highest BCUT2D eigenvalue weighted by atomic mass is 79.9. The van der Waals surface area contributed by atoms with Crippen LogP contribution in [-0.4, -0.2) is 9.78 Å². The minimum atomic E-state index is -0.177. The zero-order valence-corrected chi connectivity index (χ0v) is 12.2. The van der Waals surface area contributed by atoms with Gasteiger partial charge in [0.2, 0.25) is 0 Å². The van der Waals surface area contributed by atoms with Crippen LogP contribution in [0, 0.1) is 0 Å². The van der Waals surface area contributed by atoms with Crippen LogP contribution in [-0.2, 0) is 12.6 Å². The molecule has 1 aromatic carbocycles. The molecule has 0 radical (unpaired) electrons. The van der Waals surface area contributed by atoms with Crippen molar-refractivity contribution in [1.82, 2.24) is 9.78 Å². The Morgan fingerprint density at radius 2 is 2.00 bits per heavy atom. The second-order valence-corrected chi connectivity index (χ2v) is 6.08. The standard InChI is InChI=1S/C14H18BrN3/c1-18-11-7-5-6-10(12(11)13(15)17-18)14(16)8-3-2-4-9-14/h5-7H,2-4,8-9,16H2,1H3. The molecular formula is C14H18BrN3. The summed E-state index contributed by atoms with van der Waals surface area (Å²) < 4.78 is 2.82. The van der Waals surface area contributed by atoms with Gasteiger partial charge in [0.05, 0.1) is 5.52 Å². The predicted molar refractivity (Wildman–Crippen MR) is 77.4 cm³/mol. The first-order valence-corrected chi connectivity index (χ1v) is 7.32. The van der Waals surface area contributed by atoms with Crippen LogP contribution >= 0.6 is 15.9 Å². The first-order chi connectivity index (χ1) is 8.62. The number of aryl methyl sites for hydroxylation is 1. The Morgan fingerprint density at radius 1 is 1.28 bits per heavy atom. The lowest BCUT2D eigenvalue weighted by Crippen LogP contribution is -2.38. The molecule has 3 nitrogen and oxygen atoms in total. The van der Waals surface area contributed by atoms with Crippen LogP contribution in [0.4, 0.5) is 0 Å². The molecule has 1 aliphatic rings. The van der Waals surface area contributed by atoms with Crippen LogP contribution in [0.5, 0.6) is 0 Å². The number of halogens is 1. The second-order valence-electron chi connectivity index (χ2n) is 5.33. The predicted octanol–water partition coefficient (Wildman–Crippen LogP) is 3.45. The van der Waals surface area contributed by atoms with Gasteiger partial charge in [0.15, 0.2) is 0 Å². The number of aromatic nitrogens is 2. The van der Waals surface area contributed by atoms with Gasteiger partial charge in [0.25, 0.3) is 0 Å². The van der Waals surface area contributed by atoms with Crippen molar-refractivity contribution in [2.24, 2.45) is 12.8 Å². The Hall–Kier alpha value is -0.870. The van der Waals surface area contributed by atoms with Gasteiger partial charge in [-0.2, -0.15) is 5.10 Å². The van der Waals surface area contributed by atoms with Gasteiger partial charge < -0.3 is 5.73 Å². The van der Waals surface area contributed by atoms with Crippen molar-refractivity contribution in [1.29, 1.82) is 0 Å². The number of fused-ring (bicyclic) bond motifs is 1. The maximum atomic E-state index is 6.67. The van der Waals surface area contributed by atoms with Crippen molar-refractivity contribution in [3.8, 4) is 0 Å². The number of nitrogens with zero attached hydrogens (tertiary/aromatic N) is 2. The largest absolute Gasteiger partial charge is 0.321 e. The fourth-order valence-corrected chi connectivity index (χ4v) is 3.78. The molecule has 0 atom stereocenters. The SMILES string of the molecule is Cn1nc(Br)c2c(C3(N)CCCCC3)cccc21. The van der Waals surface area contributed by atoms with Crippen molar-refractivity contribution in [3.63, 3.8) is 0 Å². The fourth-order valence-electron chi connectivity index (χ4n) is 3.13. The van der Waals surface area contributed by atoms with Crippen LogP contribution < -0.4 is 5.73 Å². The first-order valence-electron chi connectivity index (χ1n) is 6.52. The Kier molecular flexibility index (Phi) is 2.94. The zero-order valence-electron chi connectivity index (χ0n) is 10.6. The molecule has 4 heteroatoms. The fraction of sp³-hybridized carbons (Fsp3) is 0.500. The van der Waals surface area contributed by atoms with Crippen LogP contribution in [0.1, 0.15) is 37.7 Å². The Balaban J connectivity index is 2.22. The average molecular weight is 308 g/mol.